The molecule has 5 nitrogen and oxygen atoms in total. The number of nitrogens with two attached hydrogens (primary N) is 1. The number of benzene rings is 1. The second-order valence-corrected chi connectivity index (χ2v) is 4.70. The SMILES string of the molecule is Cc1ccc2c(c1)nc(N)n2Cc1cnc(C)cn1. The molecule has 0 amide bonds. The van der Waals surface area contributed by atoms with E-state index >= 15 is 0 Å². The normalized spacial score (nSPS) is 11.1. The highest BCUT2D eigenvalue weighted by atomic mass is 15.2. The minimum Gasteiger partial charge on any atom is -0.369 e. The molecular formula is C14H15N5. The molecule has 0 radical (unpaired) electrons. The molecule has 0 aliphatic heterocycles. The summed E-state index contributed by atoms with van der Waals surface area (Å²) in [6.07, 6.45) is 3.53. The molecule has 0 aliphatic rings. The van der Waals surface area contributed by atoms with Gasteiger partial charge in [-0.1, -0.05) is 6.07 Å². The van der Waals surface area contributed by atoms with Gasteiger partial charge in [-0.05, 0) is 31.5 Å². The number of fused-ring (bicyclic) bond motifs is 1. The smallest absolute Gasteiger partial charge is 0.201 e. The monoisotopic (exact) mass is 253 g/mol. The third-order valence-corrected chi connectivity index (χ3v) is 3.09. The van der Waals surface area contributed by atoms with E-state index in [0.29, 0.717) is 12.5 Å². The van der Waals surface area contributed by atoms with E-state index in [1.54, 1.807) is 12.4 Å². The average molecular weight is 253 g/mol. The Kier molecular flexibility index (Phi) is 2.67. The quantitative estimate of drug-likeness (QED) is 0.759. The van der Waals surface area contributed by atoms with E-state index in [0.717, 1.165) is 22.4 Å². The number of imidazole rings is 1. The Morgan fingerprint density at radius 3 is 2.74 bits per heavy atom. The summed E-state index contributed by atoms with van der Waals surface area (Å²) < 4.78 is 1.95. The van der Waals surface area contributed by atoms with Crippen molar-refractivity contribution in [2.24, 2.45) is 0 Å². The summed E-state index contributed by atoms with van der Waals surface area (Å²) in [7, 11) is 0. The number of aromatic nitrogens is 4. The van der Waals surface area contributed by atoms with Crippen LogP contribution in [0.4, 0.5) is 5.95 Å². The lowest BCUT2D eigenvalue weighted by Crippen LogP contribution is -2.06. The highest BCUT2D eigenvalue weighted by Gasteiger charge is 2.09. The summed E-state index contributed by atoms with van der Waals surface area (Å²) in [5, 5.41) is 0. The van der Waals surface area contributed by atoms with Crippen LogP contribution in [0.5, 0.6) is 0 Å². The van der Waals surface area contributed by atoms with Crippen LogP contribution in [-0.2, 0) is 6.54 Å². The van der Waals surface area contributed by atoms with Crippen molar-refractivity contribution in [2.45, 2.75) is 20.4 Å². The van der Waals surface area contributed by atoms with Crippen LogP contribution >= 0.6 is 0 Å². The molecule has 0 saturated heterocycles. The molecule has 0 atom stereocenters. The summed E-state index contributed by atoms with van der Waals surface area (Å²) in [5.74, 6) is 0.503. The molecule has 0 aliphatic carbocycles. The molecule has 96 valence electrons. The molecule has 3 rings (SSSR count). The topological polar surface area (TPSA) is 69.6 Å². The van der Waals surface area contributed by atoms with Crippen molar-refractivity contribution in [1.29, 1.82) is 0 Å². The zero-order valence-electron chi connectivity index (χ0n) is 11.0. The van der Waals surface area contributed by atoms with Gasteiger partial charge < -0.3 is 10.3 Å². The van der Waals surface area contributed by atoms with Crippen molar-refractivity contribution in [3.63, 3.8) is 0 Å². The molecule has 0 fully saturated rings. The number of rotatable bonds is 2. The number of nitrogen functional groups attached to an aromatic ring is 1. The number of anilines is 1. The van der Waals surface area contributed by atoms with E-state index in [-0.39, 0.29) is 0 Å². The highest BCUT2D eigenvalue weighted by molar-refractivity contribution is 5.79. The Labute approximate surface area is 111 Å². The predicted octanol–water partition coefficient (Wildman–Crippen LogP) is 2.07. The molecule has 0 bridgehead atoms. The molecule has 19 heavy (non-hydrogen) atoms. The maximum atomic E-state index is 5.98. The largest absolute Gasteiger partial charge is 0.369 e. The van der Waals surface area contributed by atoms with Gasteiger partial charge in [-0.15, -0.1) is 0 Å². The van der Waals surface area contributed by atoms with Crippen LogP contribution in [0.2, 0.25) is 0 Å². The van der Waals surface area contributed by atoms with Crippen molar-refractivity contribution in [3.8, 4) is 0 Å². The summed E-state index contributed by atoms with van der Waals surface area (Å²) in [5.41, 5.74) is 10.9. The Balaban J connectivity index is 2.05. The van der Waals surface area contributed by atoms with E-state index in [1.807, 2.05) is 30.5 Å². The minimum absolute atomic E-state index is 0.503. The molecule has 2 heterocycles. The van der Waals surface area contributed by atoms with Gasteiger partial charge in [-0.25, -0.2) is 4.98 Å². The summed E-state index contributed by atoms with van der Waals surface area (Å²) in [4.78, 5) is 13.0. The van der Waals surface area contributed by atoms with Crippen molar-refractivity contribution < 1.29 is 0 Å². The molecule has 3 aromatic rings. The van der Waals surface area contributed by atoms with Crippen LogP contribution in [0.1, 0.15) is 17.0 Å². The van der Waals surface area contributed by atoms with Gasteiger partial charge in [0.25, 0.3) is 0 Å². The van der Waals surface area contributed by atoms with Crippen molar-refractivity contribution in [2.75, 3.05) is 5.73 Å². The lowest BCUT2D eigenvalue weighted by atomic mass is 10.2. The Morgan fingerprint density at radius 1 is 1.16 bits per heavy atom. The van der Waals surface area contributed by atoms with Crippen molar-refractivity contribution in [1.82, 2.24) is 19.5 Å². The first-order valence-electron chi connectivity index (χ1n) is 6.13. The molecule has 2 aromatic heterocycles. The second-order valence-electron chi connectivity index (χ2n) is 4.70. The first kappa shape index (κ1) is 11.6. The van der Waals surface area contributed by atoms with Crippen LogP contribution in [0.3, 0.4) is 0 Å². The molecule has 0 unspecified atom stereocenters. The number of hydrogen-bond donors (Lipinski definition) is 1. The van der Waals surface area contributed by atoms with Gasteiger partial charge in [0.2, 0.25) is 5.95 Å². The maximum Gasteiger partial charge on any atom is 0.201 e. The highest BCUT2D eigenvalue weighted by Crippen LogP contribution is 2.20. The van der Waals surface area contributed by atoms with Gasteiger partial charge in [0, 0.05) is 6.20 Å². The van der Waals surface area contributed by atoms with Gasteiger partial charge in [0.05, 0.1) is 35.2 Å². The zero-order chi connectivity index (χ0) is 13.4. The van der Waals surface area contributed by atoms with Crippen LogP contribution in [0, 0.1) is 13.8 Å². The van der Waals surface area contributed by atoms with Crippen molar-refractivity contribution >= 4 is 17.0 Å². The molecule has 1 aromatic carbocycles. The van der Waals surface area contributed by atoms with Crippen LogP contribution in [0.15, 0.2) is 30.6 Å². The Hall–Kier alpha value is -2.43. The Bertz CT molecular complexity index is 727. The van der Waals surface area contributed by atoms with E-state index in [1.165, 1.54) is 5.56 Å². The first-order valence-corrected chi connectivity index (χ1v) is 6.13. The molecule has 2 N–H and O–H groups in total. The predicted molar refractivity (Wildman–Crippen MR) is 74.8 cm³/mol. The fraction of sp³-hybridized carbons (Fsp3) is 0.214. The first-order chi connectivity index (χ1) is 9.13. The van der Waals surface area contributed by atoms with Gasteiger partial charge in [0.15, 0.2) is 0 Å². The van der Waals surface area contributed by atoms with E-state index in [4.69, 9.17) is 5.73 Å². The Morgan fingerprint density at radius 2 is 2.00 bits per heavy atom. The number of nitrogens with zero attached hydrogens (tertiary/aromatic N) is 4. The fourth-order valence-electron chi connectivity index (χ4n) is 2.09. The van der Waals surface area contributed by atoms with Crippen LogP contribution < -0.4 is 5.73 Å². The molecule has 0 spiro atoms. The number of aryl methyl sites for hydroxylation is 2. The molecular weight excluding hydrogens is 238 g/mol. The van der Waals surface area contributed by atoms with E-state index in [2.05, 4.69) is 21.0 Å². The lowest BCUT2D eigenvalue weighted by molar-refractivity contribution is 0.798. The lowest BCUT2D eigenvalue weighted by Gasteiger charge is -2.06. The zero-order valence-corrected chi connectivity index (χ0v) is 11.0. The van der Waals surface area contributed by atoms with Gasteiger partial charge in [-0.2, -0.15) is 0 Å². The molecule has 5 heteroatoms. The van der Waals surface area contributed by atoms with E-state index in [9.17, 15) is 0 Å². The van der Waals surface area contributed by atoms with Gasteiger partial charge >= 0.3 is 0 Å². The van der Waals surface area contributed by atoms with Crippen LogP contribution in [-0.4, -0.2) is 19.5 Å². The van der Waals surface area contributed by atoms with Gasteiger partial charge in [-0.3, -0.25) is 9.97 Å². The summed E-state index contributed by atoms with van der Waals surface area (Å²) in [6, 6.07) is 6.12. The number of hydrogen-bond acceptors (Lipinski definition) is 4. The average Bonchev–Trinajstić information content (AvgIpc) is 2.68. The second kappa shape index (κ2) is 4.35. The summed E-state index contributed by atoms with van der Waals surface area (Å²) in [6.45, 7) is 4.54. The van der Waals surface area contributed by atoms with E-state index < -0.39 is 0 Å². The standard InChI is InChI=1S/C14H15N5/c1-9-3-4-13-12(5-9)18-14(15)19(13)8-11-7-16-10(2)6-17-11/h3-7H,8H2,1-2H3,(H2,15,18). The third kappa shape index (κ3) is 2.14. The van der Waals surface area contributed by atoms with Gasteiger partial charge in [0.1, 0.15) is 0 Å². The maximum absolute atomic E-state index is 5.98. The van der Waals surface area contributed by atoms with Crippen LogP contribution in [0.25, 0.3) is 11.0 Å². The molecule has 0 saturated carbocycles. The van der Waals surface area contributed by atoms with Crippen molar-refractivity contribution in [3.05, 3.63) is 47.5 Å². The fourth-order valence-corrected chi connectivity index (χ4v) is 2.09. The minimum atomic E-state index is 0.503. The third-order valence-electron chi connectivity index (χ3n) is 3.09. The summed E-state index contributed by atoms with van der Waals surface area (Å²) >= 11 is 0.